The van der Waals surface area contributed by atoms with Crippen molar-refractivity contribution in [1.29, 1.82) is 0 Å². The number of hydrogen-bond acceptors (Lipinski definition) is 23. The van der Waals surface area contributed by atoms with Gasteiger partial charge in [-0.25, -0.2) is 4.79 Å². The Morgan fingerprint density at radius 1 is 0.754 bits per heavy atom. The third kappa shape index (κ3) is 10.2. The lowest BCUT2D eigenvalue weighted by atomic mass is 9.88. The van der Waals surface area contributed by atoms with Gasteiger partial charge in [0.2, 0.25) is 11.8 Å². The lowest BCUT2D eigenvalue weighted by Gasteiger charge is -2.51. The molecule has 21 atom stereocenters. The summed E-state index contributed by atoms with van der Waals surface area (Å²) in [6, 6.07) is -3.45. The van der Waals surface area contributed by atoms with E-state index >= 15 is 0 Å². The summed E-state index contributed by atoms with van der Waals surface area (Å²) in [5, 5.41) is 151. The molecule has 330 valence electrons. The average molecular weight is 837 g/mol. The minimum atomic E-state index is -3.19. The van der Waals surface area contributed by atoms with E-state index in [0.29, 0.717) is 0 Å². The first-order valence-corrected chi connectivity index (χ1v) is 17.7. The number of aliphatic hydroxyl groups excluding tert-OH is 13. The van der Waals surface area contributed by atoms with Crippen molar-refractivity contribution in [3.8, 4) is 0 Å². The van der Waals surface area contributed by atoms with Gasteiger partial charge >= 0.3 is 5.97 Å². The van der Waals surface area contributed by atoms with Gasteiger partial charge in [-0.05, 0) is 6.92 Å². The van der Waals surface area contributed by atoms with Crippen LogP contribution >= 0.6 is 0 Å². The lowest BCUT2D eigenvalue weighted by Crippen LogP contribution is -2.71. The molecule has 0 bridgehead atoms. The van der Waals surface area contributed by atoms with Crippen LogP contribution in [0.4, 0.5) is 0 Å². The molecular weight excluding hydrogens is 784 g/mol. The monoisotopic (exact) mass is 836 g/mol. The van der Waals surface area contributed by atoms with E-state index < -0.39 is 179 Å². The highest BCUT2D eigenvalue weighted by Crippen LogP contribution is 2.39. The number of aliphatic hydroxyl groups is 13. The first-order valence-electron chi connectivity index (χ1n) is 17.7. The highest BCUT2D eigenvalue weighted by atomic mass is 16.8. The largest absolute Gasteiger partial charge is 0.477 e. The molecule has 0 saturated carbocycles. The van der Waals surface area contributed by atoms with Gasteiger partial charge in [-0.2, -0.15) is 0 Å². The molecule has 0 aromatic heterocycles. The summed E-state index contributed by atoms with van der Waals surface area (Å²) in [5.74, 6) is -7.20. The SMILES string of the molecule is CC(=O)N[C@@H]1[C@@H](O[C@@H]2O[C@H](CO)[C@H](O)[C@H](O[C@]3(C(=O)O)C[C@H](O)[C@@H](NC(=O)CO)[C@H]([C@H](O)[C@H](O)CO)O3)[C@H]2O)[C@H](O[C@@H]2O[C@@H](C)[C@@H](O)[C@@H](O)[C@@H]2O)[C@@H](CO)O[C@H]1O. The van der Waals surface area contributed by atoms with Crippen molar-refractivity contribution < 1.29 is 119 Å². The van der Waals surface area contributed by atoms with Crippen molar-refractivity contribution in [2.75, 3.05) is 26.4 Å². The predicted octanol–water partition coefficient (Wildman–Crippen LogP) is -10.3. The Hall–Kier alpha value is -2.39. The molecule has 4 rings (SSSR count). The zero-order valence-electron chi connectivity index (χ0n) is 30.4. The maximum Gasteiger partial charge on any atom is 0.364 e. The Morgan fingerprint density at radius 3 is 1.93 bits per heavy atom. The first-order chi connectivity index (χ1) is 26.7. The van der Waals surface area contributed by atoms with Gasteiger partial charge in [-0.15, -0.1) is 0 Å². The second kappa shape index (κ2) is 19.8. The van der Waals surface area contributed by atoms with Gasteiger partial charge in [0.1, 0.15) is 92.0 Å². The lowest BCUT2D eigenvalue weighted by molar-refractivity contribution is -0.389. The van der Waals surface area contributed by atoms with E-state index in [9.17, 15) is 85.9 Å². The Bertz CT molecular complexity index is 1350. The fraction of sp³-hybridized carbons (Fsp3) is 0.903. The van der Waals surface area contributed by atoms with Crippen LogP contribution < -0.4 is 10.6 Å². The number of carbonyl (C=O) groups excluding carboxylic acids is 2. The first kappa shape index (κ1) is 47.3. The molecule has 0 aliphatic carbocycles. The second-order valence-electron chi connectivity index (χ2n) is 14.0. The van der Waals surface area contributed by atoms with E-state index in [1.807, 2.05) is 0 Å². The van der Waals surface area contributed by atoms with E-state index in [2.05, 4.69) is 10.6 Å². The molecule has 4 heterocycles. The molecule has 26 nitrogen and oxygen atoms in total. The summed E-state index contributed by atoms with van der Waals surface area (Å²) >= 11 is 0. The molecule has 4 aliphatic rings. The molecule has 0 unspecified atom stereocenters. The van der Waals surface area contributed by atoms with Gasteiger partial charge < -0.3 is 115 Å². The van der Waals surface area contributed by atoms with Crippen LogP contribution in [0.3, 0.4) is 0 Å². The fourth-order valence-electron chi connectivity index (χ4n) is 6.99. The van der Waals surface area contributed by atoms with Crippen LogP contribution in [-0.2, 0) is 47.5 Å². The molecule has 26 heteroatoms. The van der Waals surface area contributed by atoms with Gasteiger partial charge in [-0.1, -0.05) is 0 Å². The van der Waals surface area contributed by atoms with Gasteiger partial charge in [0.05, 0.1) is 38.1 Å². The number of carboxylic acids is 1. The van der Waals surface area contributed by atoms with Crippen molar-refractivity contribution in [3.05, 3.63) is 0 Å². The third-order valence-corrected chi connectivity index (χ3v) is 10.0. The fourth-order valence-corrected chi connectivity index (χ4v) is 6.99. The summed E-state index contributed by atoms with van der Waals surface area (Å²) < 4.78 is 39.5. The van der Waals surface area contributed by atoms with Gasteiger partial charge in [0, 0.05) is 13.3 Å². The van der Waals surface area contributed by atoms with Crippen molar-refractivity contribution in [1.82, 2.24) is 10.6 Å². The van der Waals surface area contributed by atoms with Crippen LogP contribution in [0.15, 0.2) is 0 Å². The number of ether oxygens (including phenoxy) is 7. The van der Waals surface area contributed by atoms with Crippen molar-refractivity contribution in [3.63, 3.8) is 0 Å². The highest BCUT2D eigenvalue weighted by molar-refractivity contribution is 5.78. The Balaban J connectivity index is 1.72. The second-order valence-corrected chi connectivity index (χ2v) is 14.0. The molecule has 57 heavy (non-hydrogen) atoms. The molecular formula is C31H52N2O24. The minimum absolute atomic E-state index is 0.804. The maximum atomic E-state index is 12.9. The normalized spacial score (nSPS) is 45.1. The Morgan fingerprint density at radius 2 is 1.37 bits per heavy atom. The summed E-state index contributed by atoms with van der Waals surface area (Å²) in [4.78, 5) is 37.2. The average Bonchev–Trinajstić information content (AvgIpc) is 3.17. The van der Waals surface area contributed by atoms with Crippen LogP contribution in [0.5, 0.6) is 0 Å². The van der Waals surface area contributed by atoms with E-state index in [1.54, 1.807) is 0 Å². The highest BCUT2D eigenvalue weighted by Gasteiger charge is 2.60. The quantitative estimate of drug-likeness (QED) is 0.0728. The van der Waals surface area contributed by atoms with Gasteiger partial charge in [0.25, 0.3) is 5.79 Å². The maximum absolute atomic E-state index is 12.9. The van der Waals surface area contributed by atoms with Crippen LogP contribution in [-0.4, -0.2) is 244 Å². The number of aliphatic carboxylic acids is 1. The van der Waals surface area contributed by atoms with E-state index in [4.69, 9.17) is 33.2 Å². The van der Waals surface area contributed by atoms with Crippen molar-refractivity contribution in [2.45, 2.75) is 149 Å². The number of rotatable bonds is 15. The van der Waals surface area contributed by atoms with Crippen LogP contribution in [0.25, 0.3) is 0 Å². The van der Waals surface area contributed by atoms with E-state index in [0.717, 1.165) is 6.92 Å². The zero-order valence-corrected chi connectivity index (χ0v) is 30.4. The molecule has 0 aromatic carbocycles. The van der Waals surface area contributed by atoms with E-state index in [-0.39, 0.29) is 0 Å². The number of nitrogens with one attached hydrogen (secondary N) is 2. The number of carbonyl (C=O) groups is 3. The molecule has 0 spiro atoms. The van der Waals surface area contributed by atoms with Gasteiger partial charge in [-0.3, -0.25) is 9.59 Å². The summed E-state index contributed by atoms with van der Waals surface area (Å²) in [6.07, 6.45) is -35.9. The number of carboxylic acid groups (broad SMARTS) is 1. The van der Waals surface area contributed by atoms with Crippen LogP contribution in [0.1, 0.15) is 20.3 Å². The topological polar surface area (TPSA) is 423 Å². The van der Waals surface area contributed by atoms with Crippen LogP contribution in [0, 0.1) is 0 Å². The molecule has 0 aromatic rings. The summed E-state index contributed by atoms with van der Waals surface area (Å²) in [7, 11) is 0. The molecule has 4 saturated heterocycles. The molecule has 2 amide bonds. The minimum Gasteiger partial charge on any atom is -0.477 e. The zero-order chi connectivity index (χ0) is 42.7. The Labute approximate surface area is 322 Å². The van der Waals surface area contributed by atoms with Crippen molar-refractivity contribution in [2.24, 2.45) is 0 Å². The van der Waals surface area contributed by atoms with Crippen LogP contribution in [0.2, 0.25) is 0 Å². The predicted molar refractivity (Wildman–Crippen MR) is 174 cm³/mol. The third-order valence-electron chi connectivity index (χ3n) is 10.0. The van der Waals surface area contributed by atoms with Gasteiger partial charge in [0.15, 0.2) is 18.9 Å². The van der Waals surface area contributed by atoms with Crippen molar-refractivity contribution >= 4 is 17.8 Å². The molecule has 4 fully saturated rings. The standard InChI is InChI=1S/C31H52N2O24/c1-8-17(42)20(45)21(46)28(51-8)54-23-13(6-36)52-27(48)16(32-9(2)38)25(23)55-29-22(47)26(19(44)12(5-35)53-29)57-31(30(49)50)3-10(39)15(33-14(41)7-37)24(56-31)18(43)11(40)4-34/h8,10-13,15-29,34-37,39-40,42-48H,3-7H2,1-2H3,(H,32,38)(H,33,41)(H,49,50)/t8-,10-,11+,12+,13+,15+,16+,17+,18+,19-,20+,21-,22+,23+,24+,25+,26-,27+,28-,29-,31-/m0/s1. The number of amides is 2. The molecule has 0 radical (unpaired) electrons. The molecule has 4 aliphatic heterocycles. The number of hydrogen-bond donors (Lipinski definition) is 16. The Kier molecular flexibility index (Phi) is 16.4. The van der Waals surface area contributed by atoms with E-state index in [1.165, 1.54) is 6.92 Å². The molecule has 16 N–H and O–H groups in total. The summed E-state index contributed by atoms with van der Waals surface area (Å²) in [5.41, 5.74) is 0. The smallest absolute Gasteiger partial charge is 0.364 e. The summed E-state index contributed by atoms with van der Waals surface area (Å²) in [6.45, 7) is -1.97.